The minimum Gasteiger partial charge on any atom is -0.393 e. The van der Waals surface area contributed by atoms with E-state index >= 15 is 0 Å². The maximum atomic E-state index is 12.7. The van der Waals surface area contributed by atoms with E-state index in [1.165, 1.54) is 4.31 Å². The number of aliphatic hydroxyl groups excluding tert-OH is 1. The SMILES string of the molecule is Cc1[nH]c(=O)sc1S(=O)(=O)N1C2CCC1CC(O)C2. The van der Waals surface area contributed by atoms with E-state index in [-0.39, 0.29) is 21.2 Å². The zero-order chi connectivity index (χ0) is 13.8. The summed E-state index contributed by atoms with van der Waals surface area (Å²) in [4.78, 5) is 13.5. The highest BCUT2D eigenvalue weighted by Crippen LogP contribution is 2.40. The summed E-state index contributed by atoms with van der Waals surface area (Å²) in [5, 5.41) is 9.73. The van der Waals surface area contributed by atoms with Crippen LogP contribution >= 0.6 is 11.3 Å². The Kier molecular flexibility index (Phi) is 3.08. The van der Waals surface area contributed by atoms with Crippen molar-refractivity contribution in [2.45, 2.75) is 55.0 Å². The van der Waals surface area contributed by atoms with Gasteiger partial charge in [0, 0.05) is 17.8 Å². The van der Waals surface area contributed by atoms with Crippen molar-refractivity contribution in [1.29, 1.82) is 0 Å². The van der Waals surface area contributed by atoms with Crippen LogP contribution in [0.2, 0.25) is 0 Å². The summed E-state index contributed by atoms with van der Waals surface area (Å²) in [5.41, 5.74) is 0.403. The van der Waals surface area contributed by atoms with Crippen LogP contribution in [0.15, 0.2) is 9.00 Å². The molecule has 1 aromatic heterocycles. The van der Waals surface area contributed by atoms with Crippen LogP contribution in [0, 0.1) is 6.92 Å². The number of hydrogen-bond donors (Lipinski definition) is 2. The lowest BCUT2D eigenvalue weighted by atomic mass is 10.0. The van der Waals surface area contributed by atoms with Crippen LogP contribution in [0.4, 0.5) is 0 Å². The molecule has 0 amide bonds. The lowest BCUT2D eigenvalue weighted by Crippen LogP contribution is -2.47. The third kappa shape index (κ3) is 2.06. The number of aliphatic hydroxyl groups is 1. The van der Waals surface area contributed by atoms with E-state index in [0.29, 0.717) is 18.5 Å². The second-order valence-electron chi connectivity index (χ2n) is 5.27. The first-order valence-corrected chi connectivity index (χ1v) is 8.56. The molecule has 19 heavy (non-hydrogen) atoms. The van der Waals surface area contributed by atoms with Gasteiger partial charge in [0.05, 0.1) is 6.10 Å². The summed E-state index contributed by atoms with van der Waals surface area (Å²) in [6.07, 6.45) is 2.16. The molecule has 0 spiro atoms. The number of nitrogens with one attached hydrogen (secondary N) is 1. The normalized spacial score (nSPS) is 31.8. The van der Waals surface area contributed by atoms with Crippen LogP contribution in [-0.2, 0) is 10.0 Å². The van der Waals surface area contributed by atoms with Gasteiger partial charge in [-0.3, -0.25) is 4.79 Å². The molecule has 2 N–H and O–H groups in total. The molecule has 6 nitrogen and oxygen atoms in total. The Morgan fingerprint density at radius 1 is 1.32 bits per heavy atom. The number of aromatic nitrogens is 1. The number of H-pyrrole nitrogens is 1. The Balaban J connectivity index is 2.02. The predicted molar refractivity (Wildman–Crippen MR) is 70.8 cm³/mol. The van der Waals surface area contributed by atoms with Crippen LogP contribution in [0.5, 0.6) is 0 Å². The van der Waals surface area contributed by atoms with Gasteiger partial charge in [0.2, 0.25) is 0 Å². The van der Waals surface area contributed by atoms with Crippen molar-refractivity contribution in [2.75, 3.05) is 0 Å². The van der Waals surface area contributed by atoms with Crippen molar-refractivity contribution < 1.29 is 13.5 Å². The van der Waals surface area contributed by atoms with Crippen LogP contribution in [0.1, 0.15) is 31.4 Å². The Morgan fingerprint density at radius 3 is 2.37 bits per heavy atom. The molecule has 3 heterocycles. The van der Waals surface area contributed by atoms with Gasteiger partial charge in [0.25, 0.3) is 10.0 Å². The van der Waals surface area contributed by atoms with Gasteiger partial charge in [-0.25, -0.2) is 8.42 Å². The molecule has 2 aliphatic heterocycles. The Hall–Kier alpha value is -0.700. The topological polar surface area (TPSA) is 90.5 Å². The second-order valence-corrected chi connectivity index (χ2v) is 8.29. The Morgan fingerprint density at radius 2 is 1.89 bits per heavy atom. The molecule has 1 aromatic rings. The highest BCUT2D eigenvalue weighted by atomic mass is 32.2. The summed E-state index contributed by atoms with van der Waals surface area (Å²) in [5.74, 6) is 0. The fourth-order valence-electron chi connectivity index (χ4n) is 3.23. The van der Waals surface area contributed by atoms with Crippen molar-refractivity contribution >= 4 is 21.4 Å². The second kappa shape index (κ2) is 4.41. The van der Waals surface area contributed by atoms with Gasteiger partial charge >= 0.3 is 4.87 Å². The van der Waals surface area contributed by atoms with Gasteiger partial charge in [-0.2, -0.15) is 4.31 Å². The molecular weight excluding hydrogens is 288 g/mol. The number of piperidine rings is 1. The van der Waals surface area contributed by atoms with E-state index in [1.807, 2.05) is 0 Å². The maximum Gasteiger partial charge on any atom is 0.305 e. The van der Waals surface area contributed by atoms with Crippen LogP contribution < -0.4 is 4.87 Å². The predicted octanol–water partition coefficient (Wildman–Crippen LogP) is 0.421. The lowest BCUT2D eigenvalue weighted by Gasteiger charge is -2.35. The zero-order valence-electron chi connectivity index (χ0n) is 10.5. The fourth-order valence-corrected chi connectivity index (χ4v) is 6.51. The molecule has 0 aromatic carbocycles. The van der Waals surface area contributed by atoms with Crippen molar-refractivity contribution in [3.63, 3.8) is 0 Å². The highest BCUT2D eigenvalue weighted by molar-refractivity contribution is 7.91. The van der Waals surface area contributed by atoms with Crippen molar-refractivity contribution in [3.8, 4) is 0 Å². The third-order valence-electron chi connectivity index (χ3n) is 3.93. The van der Waals surface area contributed by atoms with Gasteiger partial charge in [0.15, 0.2) is 4.21 Å². The number of aromatic amines is 1. The molecule has 2 saturated heterocycles. The van der Waals surface area contributed by atoms with Gasteiger partial charge in [0.1, 0.15) is 0 Å². The molecule has 106 valence electrons. The summed E-state index contributed by atoms with van der Waals surface area (Å²) in [6.45, 7) is 1.60. The number of sulfonamides is 1. The number of hydrogen-bond acceptors (Lipinski definition) is 5. The molecule has 8 heteroatoms. The smallest absolute Gasteiger partial charge is 0.305 e. The van der Waals surface area contributed by atoms with Crippen molar-refractivity contribution in [3.05, 3.63) is 15.4 Å². The van der Waals surface area contributed by atoms with Gasteiger partial charge in [-0.05, 0) is 32.6 Å². The van der Waals surface area contributed by atoms with E-state index in [9.17, 15) is 18.3 Å². The molecule has 2 bridgehead atoms. The molecule has 0 aliphatic carbocycles. The Labute approximate surface area is 115 Å². The first kappa shape index (κ1) is 13.3. The lowest BCUT2D eigenvalue weighted by molar-refractivity contribution is 0.0769. The van der Waals surface area contributed by atoms with E-state index in [4.69, 9.17) is 0 Å². The minimum atomic E-state index is -3.62. The van der Waals surface area contributed by atoms with Crippen molar-refractivity contribution in [1.82, 2.24) is 9.29 Å². The highest BCUT2D eigenvalue weighted by Gasteiger charge is 2.47. The molecule has 0 saturated carbocycles. The molecule has 2 aliphatic rings. The maximum absolute atomic E-state index is 12.7. The minimum absolute atomic E-state index is 0.116. The first-order valence-electron chi connectivity index (χ1n) is 6.31. The summed E-state index contributed by atoms with van der Waals surface area (Å²) in [7, 11) is -3.62. The average Bonchev–Trinajstić information content (AvgIpc) is 2.78. The van der Waals surface area contributed by atoms with Gasteiger partial charge < -0.3 is 10.1 Å². The summed E-state index contributed by atoms with van der Waals surface area (Å²) in [6, 6.07) is -0.259. The standard InChI is InChI=1S/C11H16N2O4S2/c1-6-10(18-11(15)12-6)19(16,17)13-7-2-3-8(13)5-9(14)4-7/h7-9,14H,2-5H2,1H3,(H,12,15). The number of aryl methyl sites for hydroxylation is 1. The number of nitrogens with zero attached hydrogens (tertiary/aromatic N) is 1. The van der Waals surface area contributed by atoms with Crippen LogP contribution in [0.3, 0.4) is 0 Å². The van der Waals surface area contributed by atoms with E-state index in [2.05, 4.69) is 4.98 Å². The zero-order valence-corrected chi connectivity index (χ0v) is 12.1. The quantitative estimate of drug-likeness (QED) is 0.828. The Bertz CT molecular complexity index is 634. The van der Waals surface area contributed by atoms with Gasteiger partial charge in [-0.1, -0.05) is 11.3 Å². The number of rotatable bonds is 2. The summed E-state index contributed by atoms with van der Waals surface area (Å²) >= 11 is 0.744. The molecule has 3 rings (SSSR count). The number of thiazole rings is 1. The molecule has 2 fully saturated rings. The number of fused-ring (bicyclic) bond motifs is 2. The van der Waals surface area contributed by atoms with Crippen molar-refractivity contribution in [2.24, 2.45) is 0 Å². The van der Waals surface area contributed by atoms with Gasteiger partial charge in [-0.15, -0.1) is 0 Å². The average molecular weight is 304 g/mol. The van der Waals surface area contributed by atoms with E-state index in [1.54, 1.807) is 6.92 Å². The largest absolute Gasteiger partial charge is 0.393 e. The monoisotopic (exact) mass is 304 g/mol. The molecule has 0 radical (unpaired) electrons. The molecular formula is C11H16N2O4S2. The third-order valence-corrected chi connectivity index (χ3v) is 7.52. The van der Waals surface area contributed by atoms with E-state index in [0.717, 1.165) is 24.2 Å². The summed E-state index contributed by atoms with van der Waals surface area (Å²) < 4.78 is 27.0. The van der Waals surface area contributed by atoms with Crippen LogP contribution in [0.25, 0.3) is 0 Å². The van der Waals surface area contributed by atoms with Crippen LogP contribution in [-0.4, -0.2) is 41.0 Å². The molecule has 2 atom stereocenters. The molecule has 2 unspecified atom stereocenters. The fraction of sp³-hybridized carbons (Fsp3) is 0.727. The first-order chi connectivity index (χ1) is 8.89. The van der Waals surface area contributed by atoms with E-state index < -0.39 is 16.1 Å².